The van der Waals surface area contributed by atoms with Crippen molar-refractivity contribution in [3.05, 3.63) is 0 Å². The standard InChI is InChI=1S/C15H29N3O3/c1-4-17(10-5-9-16(2)3)15(21)18-11-8-13(12-18)6-7-14(19)20/h13H,4-12H2,1-3H3,(H,19,20). The molecule has 1 aliphatic heterocycles. The lowest BCUT2D eigenvalue weighted by Crippen LogP contribution is -2.43. The number of rotatable bonds is 8. The topological polar surface area (TPSA) is 64.1 Å². The Labute approximate surface area is 127 Å². The fourth-order valence-electron chi connectivity index (χ4n) is 2.74. The van der Waals surface area contributed by atoms with Crippen molar-refractivity contribution in [3.8, 4) is 0 Å². The zero-order valence-electron chi connectivity index (χ0n) is 13.5. The molecular weight excluding hydrogens is 270 g/mol. The van der Waals surface area contributed by atoms with Crippen molar-refractivity contribution >= 4 is 12.0 Å². The van der Waals surface area contributed by atoms with Gasteiger partial charge in [-0.3, -0.25) is 4.79 Å². The number of carboxylic acid groups (broad SMARTS) is 1. The molecule has 0 aliphatic carbocycles. The van der Waals surface area contributed by atoms with Crippen LogP contribution in [0.4, 0.5) is 4.79 Å². The number of urea groups is 1. The molecule has 0 radical (unpaired) electrons. The molecule has 1 rings (SSSR count). The van der Waals surface area contributed by atoms with Gasteiger partial charge in [0.1, 0.15) is 0 Å². The third-order valence-electron chi connectivity index (χ3n) is 4.01. The van der Waals surface area contributed by atoms with Crippen molar-refractivity contribution < 1.29 is 14.7 Å². The van der Waals surface area contributed by atoms with Gasteiger partial charge in [0.15, 0.2) is 0 Å². The molecule has 0 spiro atoms. The quantitative estimate of drug-likeness (QED) is 0.739. The van der Waals surface area contributed by atoms with E-state index in [0.717, 1.165) is 39.0 Å². The highest BCUT2D eigenvalue weighted by atomic mass is 16.4. The molecular formula is C15H29N3O3. The first-order chi connectivity index (χ1) is 9.93. The highest BCUT2D eigenvalue weighted by Gasteiger charge is 2.28. The molecule has 0 bridgehead atoms. The van der Waals surface area contributed by atoms with Crippen LogP contribution in [0.1, 0.15) is 32.6 Å². The number of amides is 2. The van der Waals surface area contributed by atoms with Gasteiger partial charge in [-0.05, 0) is 52.7 Å². The molecule has 122 valence electrons. The van der Waals surface area contributed by atoms with Gasteiger partial charge < -0.3 is 19.8 Å². The predicted molar refractivity (Wildman–Crippen MR) is 82.4 cm³/mol. The molecule has 0 aromatic heterocycles. The highest BCUT2D eigenvalue weighted by molar-refractivity contribution is 5.74. The Bertz CT molecular complexity index is 347. The third kappa shape index (κ3) is 6.33. The minimum atomic E-state index is -0.751. The molecule has 1 unspecified atom stereocenters. The maximum Gasteiger partial charge on any atom is 0.319 e. The molecule has 1 heterocycles. The van der Waals surface area contributed by atoms with Gasteiger partial charge in [-0.25, -0.2) is 4.79 Å². The largest absolute Gasteiger partial charge is 0.481 e. The summed E-state index contributed by atoms with van der Waals surface area (Å²) in [5, 5.41) is 8.72. The minimum absolute atomic E-state index is 0.106. The van der Waals surface area contributed by atoms with Crippen LogP contribution in [0.2, 0.25) is 0 Å². The molecule has 6 heteroatoms. The van der Waals surface area contributed by atoms with Crippen LogP contribution < -0.4 is 0 Å². The van der Waals surface area contributed by atoms with E-state index in [-0.39, 0.29) is 12.5 Å². The monoisotopic (exact) mass is 299 g/mol. The van der Waals surface area contributed by atoms with Gasteiger partial charge in [-0.2, -0.15) is 0 Å². The number of hydrogen-bond acceptors (Lipinski definition) is 3. The van der Waals surface area contributed by atoms with Crippen LogP contribution in [0.25, 0.3) is 0 Å². The summed E-state index contributed by atoms with van der Waals surface area (Å²) in [5.41, 5.74) is 0. The number of aliphatic carboxylic acids is 1. The van der Waals surface area contributed by atoms with E-state index in [4.69, 9.17) is 5.11 Å². The second kappa shape index (κ2) is 8.87. The van der Waals surface area contributed by atoms with Gasteiger partial charge in [0.05, 0.1) is 0 Å². The number of nitrogens with zero attached hydrogens (tertiary/aromatic N) is 3. The van der Waals surface area contributed by atoms with E-state index in [0.29, 0.717) is 18.9 Å². The number of carbonyl (C=O) groups excluding carboxylic acids is 1. The highest BCUT2D eigenvalue weighted by Crippen LogP contribution is 2.22. The molecule has 0 aromatic carbocycles. The van der Waals surface area contributed by atoms with Crippen molar-refractivity contribution in [2.24, 2.45) is 5.92 Å². The molecule has 1 aliphatic rings. The van der Waals surface area contributed by atoms with Gasteiger partial charge in [0, 0.05) is 32.6 Å². The predicted octanol–water partition coefficient (Wildman–Crippen LogP) is 1.57. The molecule has 1 N–H and O–H groups in total. The minimum Gasteiger partial charge on any atom is -0.481 e. The van der Waals surface area contributed by atoms with Crippen LogP contribution in [-0.2, 0) is 4.79 Å². The average molecular weight is 299 g/mol. The van der Waals surface area contributed by atoms with E-state index in [1.54, 1.807) is 0 Å². The average Bonchev–Trinajstić information content (AvgIpc) is 2.89. The Morgan fingerprint density at radius 3 is 2.57 bits per heavy atom. The number of carbonyl (C=O) groups is 2. The lowest BCUT2D eigenvalue weighted by atomic mass is 10.0. The fraction of sp³-hybridized carbons (Fsp3) is 0.867. The summed E-state index contributed by atoms with van der Waals surface area (Å²) < 4.78 is 0. The molecule has 0 saturated carbocycles. The summed E-state index contributed by atoms with van der Waals surface area (Å²) in [6, 6.07) is 0.106. The van der Waals surface area contributed by atoms with Gasteiger partial charge in [0.25, 0.3) is 0 Å². The van der Waals surface area contributed by atoms with Crippen molar-refractivity contribution in [2.75, 3.05) is 46.8 Å². The van der Waals surface area contributed by atoms with Crippen LogP contribution in [-0.4, -0.2) is 78.6 Å². The van der Waals surface area contributed by atoms with Gasteiger partial charge in [-0.15, -0.1) is 0 Å². The van der Waals surface area contributed by atoms with E-state index < -0.39 is 5.97 Å². The molecule has 0 aromatic rings. The van der Waals surface area contributed by atoms with E-state index in [9.17, 15) is 9.59 Å². The summed E-state index contributed by atoms with van der Waals surface area (Å²) in [5.74, 6) is -0.413. The van der Waals surface area contributed by atoms with E-state index in [1.807, 2.05) is 30.8 Å². The van der Waals surface area contributed by atoms with Crippen LogP contribution in [0, 0.1) is 5.92 Å². The Hall–Kier alpha value is -1.30. The SMILES string of the molecule is CCN(CCCN(C)C)C(=O)N1CCC(CCC(=O)O)C1. The maximum atomic E-state index is 12.5. The van der Waals surface area contributed by atoms with Crippen LogP contribution in [0.3, 0.4) is 0 Å². The number of carboxylic acids is 1. The van der Waals surface area contributed by atoms with Crippen LogP contribution in [0.5, 0.6) is 0 Å². The first-order valence-corrected chi connectivity index (χ1v) is 7.84. The summed E-state index contributed by atoms with van der Waals surface area (Å²) in [6.45, 7) is 5.95. The maximum absolute atomic E-state index is 12.5. The van der Waals surface area contributed by atoms with Crippen molar-refractivity contribution in [3.63, 3.8) is 0 Å². The zero-order chi connectivity index (χ0) is 15.8. The lowest BCUT2D eigenvalue weighted by molar-refractivity contribution is -0.137. The Kier molecular flexibility index (Phi) is 7.50. The molecule has 21 heavy (non-hydrogen) atoms. The first-order valence-electron chi connectivity index (χ1n) is 7.84. The van der Waals surface area contributed by atoms with Crippen molar-refractivity contribution in [2.45, 2.75) is 32.6 Å². The second-order valence-corrected chi connectivity index (χ2v) is 6.05. The molecule has 1 atom stereocenters. The normalized spacial score (nSPS) is 18.3. The van der Waals surface area contributed by atoms with Gasteiger partial charge in [-0.1, -0.05) is 0 Å². The number of likely N-dealkylation sites (tertiary alicyclic amines) is 1. The zero-order valence-corrected chi connectivity index (χ0v) is 13.5. The summed E-state index contributed by atoms with van der Waals surface area (Å²) in [4.78, 5) is 29.0. The Morgan fingerprint density at radius 1 is 1.29 bits per heavy atom. The summed E-state index contributed by atoms with van der Waals surface area (Å²) in [6.07, 6.45) is 2.77. The Morgan fingerprint density at radius 2 is 2.00 bits per heavy atom. The molecule has 1 saturated heterocycles. The van der Waals surface area contributed by atoms with Crippen LogP contribution in [0.15, 0.2) is 0 Å². The lowest BCUT2D eigenvalue weighted by Gasteiger charge is -2.27. The third-order valence-corrected chi connectivity index (χ3v) is 4.01. The Balaban J connectivity index is 2.37. The molecule has 6 nitrogen and oxygen atoms in total. The number of hydrogen-bond donors (Lipinski definition) is 1. The molecule has 1 fully saturated rings. The van der Waals surface area contributed by atoms with E-state index in [2.05, 4.69) is 4.90 Å². The smallest absolute Gasteiger partial charge is 0.319 e. The van der Waals surface area contributed by atoms with E-state index >= 15 is 0 Å². The first kappa shape index (κ1) is 17.8. The van der Waals surface area contributed by atoms with Gasteiger partial charge in [0.2, 0.25) is 0 Å². The van der Waals surface area contributed by atoms with E-state index in [1.165, 1.54) is 0 Å². The second-order valence-electron chi connectivity index (χ2n) is 6.05. The molecule has 2 amide bonds. The van der Waals surface area contributed by atoms with Crippen molar-refractivity contribution in [1.82, 2.24) is 14.7 Å². The van der Waals surface area contributed by atoms with Crippen LogP contribution >= 0.6 is 0 Å². The van der Waals surface area contributed by atoms with Crippen molar-refractivity contribution in [1.29, 1.82) is 0 Å². The fourth-order valence-corrected chi connectivity index (χ4v) is 2.74. The summed E-state index contributed by atoms with van der Waals surface area (Å²) >= 11 is 0. The summed E-state index contributed by atoms with van der Waals surface area (Å²) in [7, 11) is 4.07. The van der Waals surface area contributed by atoms with Gasteiger partial charge >= 0.3 is 12.0 Å².